The summed E-state index contributed by atoms with van der Waals surface area (Å²) in [5, 5.41) is 9.04. The summed E-state index contributed by atoms with van der Waals surface area (Å²) in [6.45, 7) is 6.72. The lowest BCUT2D eigenvalue weighted by Gasteiger charge is -2.36. The van der Waals surface area contributed by atoms with E-state index in [9.17, 15) is 13.2 Å². The molecular formula is C13H19NO4S2. The minimum atomic E-state index is -3.58. The number of carboxylic acids is 1. The maximum atomic E-state index is 12.6. The highest BCUT2D eigenvalue weighted by molar-refractivity contribution is 7.91. The predicted octanol–water partition coefficient (Wildman–Crippen LogP) is 2.57. The van der Waals surface area contributed by atoms with Crippen molar-refractivity contribution >= 4 is 27.3 Å². The van der Waals surface area contributed by atoms with Crippen molar-refractivity contribution in [2.24, 2.45) is 5.41 Å². The molecule has 0 bridgehead atoms. The van der Waals surface area contributed by atoms with Crippen LogP contribution in [0, 0.1) is 12.3 Å². The minimum Gasteiger partial charge on any atom is -0.477 e. The largest absolute Gasteiger partial charge is 0.477 e. The van der Waals surface area contributed by atoms with E-state index in [1.54, 1.807) is 6.92 Å². The molecule has 1 aromatic rings. The van der Waals surface area contributed by atoms with E-state index < -0.39 is 16.0 Å². The molecule has 7 heteroatoms. The first kappa shape index (κ1) is 15.5. The second-order valence-electron chi connectivity index (χ2n) is 5.99. The van der Waals surface area contributed by atoms with Gasteiger partial charge in [-0.15, -0.1) is 11.3 Å². The monoisotopic (exact) mass is 317 g/mol. The summed E-state index contributed by atoms with van der Waals surface area (Å²) in [6, 6.07) is 1.46. The number of piperidine rings is 1. The van der Waals surface area contributed by atoms with Gasteiger partial charge >= 0.3 is 5.97 Å². The van der Waals surface area contributed by atoms with Gasteiger partial charge in [0.15, 0.2) is 0 Å². The molecule has 1 saturated heterocycles. The Morgan fingerprint density at radius 1 is 1.45 bits per heavy atom. The molecule has 20 heavy (non-hydrogen) atoms. The standard InChI is InChI=1S/C13H19NO4S2/c1-9-7-10(19-11(9)12(15)16)20(17,18)14-6-4-5-13(2,3)8-14/h7H,4-6,8H2,1-3H3,(H,15,16). The van der Waals surface area contributed by atoms with Crippen molar-refractivity contribution in [3.05, 3.63) is 16.5 Å². The zero-order valence-electron chi connectivity index (χ0n) is 11.8. The first-order valence-corrected chi connectivity index (χ1v) is 8.73. The molecule has 0 unspecified atom stereocenters. The topological polar surface area (TPSA) is 74.7 Å². The summed E-state index contributed by atoms with van der Waals surface area (Å²) in [4.78, 5) is 11.1. The van der Waals surface area contributed by atoms with Gasteiger partial charge in [0.05, 0.1) is 0 Å². The summed E-state index contributed by atoms with van der Waals surface area (Å²) in [7, 11) is -3.58. The molecule has 0 aliphatic carbocycles. The normalized spacial score (nSPS) is 19.9. The average molecular weight is 317 g/mol. The quantitative estimate of drug-likeness (QED) is 0.929. The van der Waals surface area contributed by atoms with Crippen molar-refractivity contribution in [2.75, 3.05) is 13.1 Å². The SMILES string of the molecule is Cc1cc(S(=O)(=O)N2CCCC(C)(C)C2)sc1C(=O)O. The van der Waals surface area contributed by atoms with Gasteiger partial charge in [-0.1, -0.05) is 13.8 Å². The molecule has 0 amide bonds. The zero-order chi connectivity index (χ0) is 15.1. The molecule has 112 valence electrons. The zero-order valence-corrected chi connectivity index (χ0v) is 13.5. The molecule has 2 rings (SSSR count). The first-order valence-electron chi connectivity index (χ1n) is 6.47. The van der Waals surface area contributed by atoms with Crippen molar-refractivity contribution < 1.29 is 18.3 Å². The van der Waals surface area contributed by atoms with Crippen molar-refractivity contribution in [3.63, 3.8) is 0 Å². The van der Waals surface area contributed by atoms with Crippen LogP contribution in [0.15, 0.2) is 10.3 Å². The maximum absolute atomic E-state index is 12.6. The summed E-state index contributed by atoms with van der Waals surface area (Å²) >= 11 is 0.839. The van der Waals surface area contributed by atoms with Crippen LogP contribution >= 0.6 is 11.3 Å². The van der Waals surface area contributed by atoms with Crippen LogP contribution in [-0.4, -0.2) is 36.9 Å². The molecule has 1 aliphatic heterocycles. The number of thiophene rings is 1. The lowest BCUT2D eigenvalue weighted by atomic mass is 9.85. The van der Waals surface area contributed by atoms with Crippen molar-refractivity contribution in [2.45, 2.75) is 37.8 Å². The van der Waals surface area contributed by atoms with E-state index in [1.165, 1.54) is 10.4 Å². The average Bonchev–Trinajstić information content (AvgIpc) is 2.70. The molecule has 0 spiro atoms. The van der Waals surface area contributed by atoms with Gasteiger partial charge in [-0.05, 0) is 36.8 Å². The lowest BCUT2D eigenvalue weighted by Crippen LogP contribution is -2.43. The molecule has 0 atom stereocenters. The highest BCUT2D eigenvalue weighted by Crippen LogP contribution is 2.34. The van der Waals surface area contributed by atoms with Gasteiger partial charge in [-0.2, -0.15) is 4.31 Å². The van der Waals surface area contributed by atoms with Gasteiger partial charge in [-0.3, -0.25) is 0 Å². The fourth-order valence-electron chi connectivity index (χ4n) is 2.49. The summed E-state index contributed by atoms with van der Waals surface area (Å²) in [5.41, 5.74) is 0.463. The van der Waals surface area contributed by atoms with Crippen LogP contribution in [0.5, 0.6) is 0 Å². The lowest BCUT2D eigenvalue weighted by molar-refractivity contribution is 0.0701. The fraction of sp³-hybridized carbons (Fsp3) is 0.615. The van der Waals surface area contributed by atoms with Gasteiger partial charge in [0.1, 0.15) is 9.09 Å². The van der Waals surface area contributed by atoms with E-state index in [1.807, 2.05) is 0 Å². The number of aryl methyl sites for hydroxylation is 1. The number of carboxylic acid groups (broad SMARTS) is 1. The van der Waals surface area contributed by atoms with Crippen LogP contribution in [-0.2, 0) is 10.0 Å². The van der Waals surface area contributed by atoms with Crippen LogP contribution < -0.4 is 0 Å². The maximum Gasteiger partial charge on any atom is 0.346 e. The third-order valence-electron chi connectivity index (χ3n) is 3.55. The molecule has 1 N–H and O–H groups in total. The molecule has 0 saturated carbocycles. The summed E-state index contributed by atoms with van der Waals surface area (Å²) in [6.07, 6.45) is 1.84. The number of hydrogen-bond donors (Lipinski definition) is 1. The second-order valence-corrected chi connectivity index (χ2v) is 9.21. The van der Waals surface area contributed by atoms with Crippen molar-refractivity contribution in [1.82, 2.24) is 4.31 Å². The minimum absolute atomic E-state index is 0.0345. The third-order valence-corrected chi connectivity index (χ3v) is 7.07. The Kier molecular flexibility index (Phi) is 3.96. The Balaban J connectivity index is 2.35. The van der Waals surface area contributed by atoms with Crippen molar-refractivity contribution in [3.8, 4) is 0 Å². The highest BCUT2D eigenvalue weighted by Gasteiger charge is 2.35. The van der Waals surface area contributed by atoms with E-state index in [0.717, 1.165) is 24.2 Å². The number of sulfonamides is 1. The predicted molar refractivity (Wildman–Crippen MR) is 77.8 cm³/mol. The molecule has 0 aromatic carbocycles. The van der Waals surface area contributed by atoms with Crippen LogP contribution in [0.3, 0.4) is 0 Å². The van der Waals surface area contributed by atoms with Crippen LogP contribution in [0.25, 0.3) is 0 Å². The Morgan fingerprint density at radius 2 is 2.10 bits per heavy atom. The van der Waals surface area contributed by atoms with E-state index in [2.05, 4.69) is 13.8 Å². The third kappa shape index (κ3) is 2.89. The highest BCUT2D eigenvalue weighted by atomic mass is 32.2. The summed E-state index contributed by atoms with van der Waals surface area (Å²) < 4.78 is 26.8. The molecule has 2 heterocycles. The van der Waals surface area contributed by atoms with Crippen LogP contribution in [0.1, 0.15) is 41.9 Å². The second kappa shape index (κ2) is 5.13. The van der Waals surface area contributed by atoms with Gasteiger partial charge in [0, 0.05) is 13.1 Å². The number of hydrogen-bond acceptors (Lipinski definition) is 4. The van der Waals surface area contributed by atoms with Gasteiger partial charge in [-0.25, -0.2) is 13.2 Å². The molecule has 1 aromatic heterocycles. The molecule has 0 radical (unpaired) electrons. The molecule has 5 nitrogen and oxygen atoms in total. The Hall–Kier alpha value is -0.920. The van der Waals surface area contributed by atoms with E-state index in [4.69, 9.17) is 5.11 Å². The smallest absolute Gasteiger partial charge is 0.346 e. The van der Waals surface area contributed by atoms with Gasteiger partial charge < -0.3 is 5.11 Å². The van der Waals surface area contributed by atoms with Crippen LogP contribution in [0.4, 0.5) is 0 Å². The summed E-state index contributed by atoms with van der Waals surface area (Å²) in [5.74, 6) is -1.08. The van der Waals surface area contributed by atoms with E-state index in [-0.39, 0.29) is 14.5 Å². The number of rotatable bonds is 3. The van der Waals surface area contributed by atoms with Gasteiger partial charge in [0.2, 0.25) is 0 Å². The molecule has 1 aliphatic rings. The molecule has 1 fully saturated rings. The number of aromatic carboxylic acids is 1. The van der Waals surface area contributed by atoms with Crippen molar-refractivity contribution in [1.29, 1.82) is 0 Å². The Labute approximate surface area is 123 Å². The van der Waals surface area contributed by atoms with Gasteiger partial charge in [0.25, 0.3) is 10.0 Å². The molecular weight excluding hydrogens is 298 g/mol. The Bertz CT molecular complexity index is 631. The number of carbonyl (C=O) groups is 1. The van der Waals surface area contributed by atoms with E-state index in [0.29, 0.717) is 18.7 Å². The first-order chi connectivity index (χ1) is 9.13. The number of nitrogens with zero attached hydrogens (tertiary/aromatic N) is 1. The van der Waals surface area contributed by atoms with E-state index >= 15 is 0 Å². The Morgan fingerprint density at radius 3 is 2.60 bits per heavy atom. The van der Waals surface area contributed by atoms with Crippen LogP contribution in [0.2, 0.25) is 0 Å². The fourth-order valence-corrected chi connectivity index (χ4v) is 5.69.